The zero-order valence-electron chi connectivity index (χ0n) is 14.3. The number of nitrogens with zero attached hydrogens (tertiary/aromatic N) is 2. The first-order valence-corrected chi connectivity index (χ1v) is 9.68. The van der Waals surface area contributed by atoms with Gasteiger partial charge in [-0.2, -0.15) is 0 Å². The molecule has 0 bridgehead atoms. The number of carbonyl (C=O) groups excluding carboxylic acids is 1. The molecule has 2 fully saturated rings. The van der Waals surface area contributed by atoms with Crippen LogP contribution in [0.1, 0.15) is 24.2 Å². The molecule has 1 aromatic heterocycles. The molecule has 0 atom stereocenters. The lowest BCUT2D eigenvalue weighted by Crippen LogP contribution is -2.19. The second-order valence-electron chi connectivity index (χ2n) is 6.28. The maximum absolute atomic E-state index is 12.2. The molecule has 1 aromatic carbocycles. The van der Waals surface area contributed by atoms with Gasteiger partial charge in [0.2, 0.25) is 0 Å². The van der Waals surface area contributed by atoms with Gasteiger partial charge < -0.3 is 14.6 Å². The SMILES string of the molecule is Cc1ccc(Cl)cc1N=C1NC(=O)/C(=C/c2ccc(N3CCCC3)o2)S1. The number of furan rings is 1. The summed E-state index contributed by atoms with van der Waals surface area (Å²) in [6.07, 6.45) is 4.14. The largest absolute Gasteiger partial charge is 0.441 e. The maximum atomic E-state index is 12.2. The summed E-state index contributed by atoms with van der Waals surface area (Å²) in [5.74, 6) is 1.36. The summed E-state index contributed by atoms with van der Waals surface area (Å²) >= 11 is 7.33. The Bertz CT molecular complexity index is 913. The lowest BCUT2D eigenvalue weighted by molar-refractivity contribution is -0.115. The summed E-state index contributed by atoms with van der Waals surface area (Å²) in [4.78, 5) is 19.5. The molecule has 0 saturated carbocycles. The number of aliphatic imine (C=N–C) groups is 1. The molecule has 2 aromatic rings. The molecule has 0 aliphatic carbocycles. The second-order valence-corrected chi connectivity index (χ2v) is 7.75. The monoisotopic (exact) mass is 387 g/mol. The van der Waals surface area contributed by atoms with Crippen molar-refractivity contribution in [3.05, 3.63) is 51.6 Å². The van der Waals surface area contributed by atoms with E-state index < -0.39 is 0 Å². The highest BCUT2D eigenvalue weighted by Gasteiger charge is 2.25. The molecule has 2 aliphatic heterocycles. The number of amidine groups is 1. The van der Waals surface area contributed by atoms with Gasteiger partial charge in [0.05, 0.1) is 10.6 Å². The first kappa shape index (κ1) is 17.2. The van der Waals surface area contributed by atoms with E-state index in [1.54, 1.807) is 12.1 Å². The van der Waals surface area contributed by atoms with Crippen LogP contribution in [-0.4, -0.2) is 24.2 Å². The Kier molecular flexibility index (Phi) is 4.78. The van der Waals surface area contributed by atoms with Crippen molar-refractivity contribution >= 4 is 52.1 Å². The van der Waals surface area contributed by atoms with Crippen molar-refractivity contribution in [2.24, 2.45) is 4.99 Å². The standard InChI is InChI=1S/C19H18ClN3O2S/c1-12-4-5-13(20)10-15(12)21-19-22-18(24)16(26-19)11-14-6-7-17(25-14)23-8-2-3-9-23/h4-7,10-11H,2-3,8-9H2,1H3,(H,21,22,24)/b16-11-. The van der Waals surface area contributed by atoms with Crippen LogP contribution in [0.15, 0.2) is 44.6 Å². The Morgan fingerprint density at radius 3 is 2.88 bits per heavy atom. The summed E-state index contributed by atoms with van der Waals surface area (Å²) in [5, 5.41) is 3.95. The van der Waals surface area contributed by atoms with Gasteiger partial charge in [-0.25, -0.2) is 4.99 Å². The highest BCUT2D eigenvalue weighted by atomic mass is 35.5. The smallest absolute Gasteiger partial charge is 0.264 e. The van der Waals surface area contributed by atoms with Crippen LogP contribution in [0.25, 0.3) is 6.08 Å². The Labute approximate surface area is 161 Å². The molecule has 1 amide bonds. The fourth-order valence-corrected chi connectivity index (χ4v) is 3.93. The van der Waals surface area contributed by atoms with Crippen molar-refractivity contribution in [3.63, 3.8) is 0 Å². The number of hydrogen-bond donors (Lipinski definition) is 1. The number of rotatable bonds is 3. The molecule has 134 valence electrons. The zero-order valence-corrected chi connectivity index (χ0v) is 15.9. The highest BCUT2D eigenvalue weighted by Crippen LogP contribution is 2.31. The minimum Gasteiger partial charge on any atom is -0.441 e. The predicted octanol–water partition coefficient (Wildman–Crippen LogP) is 4.73. The second kappa shape index (κ2) is 7.21. The molecule has 1 N–H and O–H groups in total. The van der Waals surface area contributed by atoms with Crippen LogP contribution < -0.4 is 10.2 Å². The van der Waals surface area contributed by atoms with Gasteiger partial charge in [0.25, 0.3) is 5.91 Å². The highest BCUT2D eigenvalue weighted by molar-refractivity contribution is 8.18. The van der Waals surface area contributed by atoms with Gasteiger partial charge in [-0.15, -0.1) is 0 Å². The van der Waals surface area contributed by atoms with Crippen LogP contribution in [0.5, 0.6) is 0 Å². The van der Waals surface area contributed by atoms with Gasteiger partial charge in [-0.3, -0.25) is 4.79 Å². The molecule has 0 spiro atoms. The van der Waals surface area contributed by atoms with Crippen molar-refractivity contribution in [1.29, 1.82) is 0 Å². The minimum absolute atomic E-state index is 0.174. The van der Waals surface area contributed by atoms with E-state index in [2.05, 4.69) is 15.2 Å². The molecule has 2 aliphatic rings. The van der Waals surface area contributed by atoms with E-state index in [0.29, 0.717) is 20.9 Å². The van der Waals surface area contributed by atoms with E-state index in [1.165, 1.54) is 24.6 Å². The number of anilines is 1. The van der Waals surface area contributed by atoms with Crippen molar-refractivity contribution in [2.45, 2.75) is 19.8 Å². The summed E-state index contributed by atoms with van der Waals surface area (Å²) in [7, 11) is 0. The lowest BCUT2D eigenvalue weighted by atomic mass is 10.2. The van der Waals surface area contributed by atoms with Crippen LogP contribution in [0.2, 0.25) is 5.02 Å². The van der Waals surface area contributed by atoms with E-state index in [9.17, 15) is 4.79 Å². The molecule has 0 unspecified atom stereocenters. The Balaban J connectivity index is 1.53. The van der Waals surface area contributed by atoms with Crippen LogP contribution in [-0.2, 0) is 4.79 Å². The Morgan fingerprint density at radius 1 is 1.27 bits per heavy atom. The normalized spacial score (nSPS) is 20.4. The number of hydrogen-bond acceptors (Lipinski definition) is 5. The zero-order chi connectivity index (χ0) is 18.1. The van der Waals surface area contributed by atoms with Crippen molar-refractivity contribution in [3.8, 4) is 0 Å². The third-order valence-corrected chi connectivity index (χ3v) is 5.49. The average molecular weight is 388 g/mol. The Morgan fingerprint density at radius 2 is 2.08 bits per heavy atom. The van der Waals surface area contributed by atoms with E-state index in [4.69, 9.17) is 16.0 Å². The Hall–Kier alpha value is -2.18. The molecule has 26 heavy (non-hydrogen) atoms. The van der Waals surface area contributed by atoms with Gasteiger partial charge in [-0.05, 0) is 55.3 Å². The van der Waals surface area contributed by atoms with E-state index in [1.807, 2.05) is 31.2 Å². The van der Waals surface area contributed by atoms with E-state index in [-0.39, 0.29) is 5.91 Å². The molecular weight excluding hydrogens is 370 g/mol. The fraction of sp³-hybridized carbons (Fsp3) is 0.263. The van der Waals surface area contributed by atoms with Gasteiger partial charge in [-0.1, -0.05) is 17.7 Å². The summed E-state index contributed by atoms with van der Waals surface area (Å²) in [6, 6.07) is 9.36. The van der Waals surface area contributed by atoms with E-state index in [0.717, 1.165) is 30.2 Å². The molecule has 5 nitrogen and oxygen atoms in total. The van der Waals surface area contributed by atoms with Crippen molar-refractivity contribution in [1.82, 2.24) is 5.32 Å². The molecule has 2 saturated heterocycles. The minimum atomic E-state index is -0.174. The summed E-state index contributed by atoms with van der Waals surface area (Å²) in [5.41, 5.74) is 1.74. The average Bonchev–Trinajstić information content (AvgIpc) is 3.33. The molecule has 4 rings (SSSR count). The molecule has 0 radical (unpaired) electrons. The summed E-state index contributed by atoms with van der Waals surface area (Å²) in [6.45, 7) is 4.00. The van der Waals surface area contributed by atoms with Crippen LogP contribution in [0.3, 0.4) is 0 Å². The summed E-state index contributed by atoms with van der Waals surface area (Å²) < 4.78 is 5.87. The van der Waals surface area contributed by atoms with Gasteiger partial charge in [0.1, 0.15) is 5.76 Å². The number of thioether (sulfide) groups is 1. The van der Waals surface area contributed by atoms with Gasteiger partial charge in [0, 0.05) is 30.3 Å². The molecule has 3 heterocycles. The third kappa shape index (κ3) is 3.66. The van der Waals surface area contributed by atoms with E-state index >= 15 is 0 Å². The number of amides is 1. The quantitative estimate of drug-likeness (QED) is 0.773. The first-order chi connectivity index (χ1) is 12.6. The first-order valence-electron chi connectivity index (χ1n) is 8.49. The molecular formula is C19H18ClN3O2S. The third-order valence-electron chi connectivity index (χ3n) is 4.35. The predicted molar refractivity (Wildman–Crippen MR) is 107 cm³/mol. The molecule has 7 heteroatoms. The van der Waals surface area contributed by atoms with Crippen LogP contribution >= 0.6 is 23.4 Å². The van der Waals surface area contributed by atoms with Crippen LogP contribution in [0.4, 0.5) is 11.6 Å². The topological polar surface area (TPSA) is 57.8 Å². The number of nitrogens with one attached hydrogen (secondary N) is 1. The number of aryl methyl sites for hydroxylation is 1. The number of benzene rings is 1. The van der Waals surface area contributed by atoms with Gasteiger partial charge in [0.15, 0.2) is 11.1 Å². The lowest BCUT2D eigenvalue weighted by Gasteiger charge is -2.12. The number of carbonyl (C=O) groups is 1. The number of halogens is 1. The van der Waals surface area contributed by atoms with Crippen LogP contribution in [0, 0.1) is 6.92 Å². The maximum Gasteiger partial charge on any atom is 0.264 e. The van der Waals surface area contributed by atoms with Crippen molar-refractivity contribution in [2.75, 3.05) is 18.0 Å². The van der Waals surface area contributed by atoms with Crippen molar-refractivity contribution < 1.29 is 9.21 Å². The fourth-order valence-electron chi connectivity index (χ4n) is 2.95. The van der Waals surface area contributed by atoms with Gasteiger partial charge >= 0.3 is 0 Å².